The zero-order valence-electron chi connectivity index (χ0n) is 15.1. The van der Waals surface area contributed by atoms with Gasteiger partial charge in [-0.15, -0.1) is 0 Å². The highest BCUT2D eigenvalue weighted by molar-refractivity contribution is 5.76. The lowest BCUT2D eigenvalue weighted by atomic mass is 9.96. The molecule has 2 heterocycles. The molecule has 5 nitrogen and oxygen atoms in total. The number of aliphatic hydroxyl groups is 1. The van der Waals surface area contributed by atoms with E-state index in [9.17, 15) is 9.90 Å². The number of benzene rings is 1. The van der Waals surface area contributed by atoms with Gasteiger partial charge in [0.15, 0.2) is 0 Å². The van der Waals surface area contributed by atoms with Gasteiger partial charge in [0, 0.05) is 32.6 Å². The lowest BCUT2D eigenvalue weighted by Gasteiger charge is -2.44. The summed E-state index contributed by atoms with van der Waals surface area (Å²) in [5.41, 5.74) is 1.15. The van der Waals surface area contributed by atoms with Crippen molar-refractivity contribution in [2.24, 2.45) is 0 Å². The van der Waals surface area contributed by atoms with Crippen LogP contribution in [-0.4, -0.2) is 65.8 Å². The third-order valence-corrected chi connectivity index (χ3v) is 5.27. The largest absolute Gasteiger partial charge is 0.393 e. The van der Waals surface area contributed by atoms with E-state index in [2.05, 4.69) is 17.0 Å². The van der Waals surface area contributed by atoms with Gasteiger partial charge >= 0.3 is 0 Å². The molecule has 2 aliphatic rings. The summed E-state index contributed by atoms with van der Waals surface area (Å²) in [5.74, 6) is 0.221. The van der Waals surface area contributed by atoms with Crippen molar-refractivity contribution >= 4 is 5.91 Å². The molecule has 1 N–H and O–H groups in total. The summed E-state index contributed by atoms with van der Waals surface area (Å²) in [4.78, 5) is 17.1. The van der Waals surface area contributed by atoms with Crippen LogP contribution in [0, 0.1) is 0 Å². The number of piperidine rings is 1. The summed E-state index contributed by atoms with van der Waals surface area (Å²) in [6.07, 6.45) is 2.91. The van der Waals surface area contributed by atoms with Gasteiger partial charge in [0.05, 0.1) is 24.9 Å². The van der Waals surface area contributed by atoms with E-state index in [0.29, 0.717) is 19.6 Å². The number of ether oxygens (including phenoxy) is 1. The predicted molar refractivity (Wildman–Crippen MR) is 97.2 cm³/mol. The number of likely N-dealkylation sites (tertiary alicyclic amines) is 1. The second-order valence-electron chi connectivity index (χ2n) is 7.13. The van der Waals surface area contributed by atoms with Crippen LogP contribution < -0.4 is 0 Å². The van der Waals surface area contributed by atoms with E-state index in [4.69, 9.17) is 4.74 Å². The lowest BCUT2D eigenvalue weighted by molar-refractivity contribution is -0.149. The quantitative estimate of drug-likeness (QED) is 0.888. The standard InChI is InChI=1S/C20H30N2O3/c1-2-6-19(24)22-13-14-25-18(15-21-11-9-17(23)10-12-21)20(22)16-7-4-3-5-8-16/h3-5,7-8,17-18,20,23H,2,6,9-15H2,1H3/t18-,20-/m0/s1. The molecule has 2 aliphatic heterocycles. The van der Waals surface area contributed by atoms with E-state index in [1.165, 1.54) is 0 Å². The number of rotatable bonds is 5. The Hall–Kier alpha value is -1.43. The average Bonchev–Trinajstić information content (AvgIpc) is 2.64. The second-order valence-corrected chi connectivity index (χ2v) is 7.13. The zero-order chi connectivity index (χ0) is 17.6. The average molecular weight is 346 g/mol. The first-order chi connectivity index (χ1) is 12.2. The molecule has 2 fully saturated rings. The molecule has 0 radical (unpaired) electrons. The van der Waals surface area contributed by atoms with Crippen molar-refractivity contribution in [1.29, 1.82) is 0 Å². The Balaban J connectivity index is 1.78. The maximum Gasteiger partial charge on any atom is 0.223 e. The molecular weight excluding hydrogens is 316 g/mol. The Kier molecular flexibility index (Phi) is 6.45. The molecule has 2 atom stereocenters. The molecule has 1 aromatic carbocycles. The highest BCUT2D eigenvalue weighted by Gasteiger charge is 2.37. The molecular formula is C20H30N2O3. The fourth-order valence-electron chi connectivity index (χ4n) is 3.92. The Morgan fingerprint density at radius 3 is 2.60 bits per heavy atom. The van der Waals surface area contributed by atoms with Gasteiger partial charge in [-0.25, -0.2) is 0 Å². The minimum atomic E-state index is -0.170. The normalized spacial score (nSPS) is 25.9. The Labute approximate surface area is 150 Å². The van der Waals surface area contributed by atoms with Crippen molar-refractivity contribution in [1.82, 2.24) is 9.80 Å². The number of morpholine rings is 1. The Morgan fingerprint density at radius 1 is 1.20 bits per heavy atom. The Morgan fingerprint density at radius 2 is 1.92 bits per heavy atom. The van der Waals surface area contributed by atoms with E-state index < -0.39 is 0 Å². The fourth-order valence-corrected chi connectivity index (χ4v) is 3.92. The number of carbonyl (C=O) groups excluding carboxylic acids is 1. The molecule has 1 aromatic rings. The number of hydrogen-bond donors (Lipinski definition) is 1. The van der Waals surface area contributed by atoms with E-state index in [1.807, 2.05) is 30.0 Å². The van der Waals surface area contributed by atoms with Crippen molar-refractivity contribution in [3.05, 3.63) is 35.9 Å². The van der Waals surface area contributed by atoms with Crippen LogP contribution >= 0.6 is 0 Å². The molecule has 0 aliphatic carbocycles. The highest BCUT2D eigenvalue weighted by Crippen LogP contribution is 2.31. The molecule has 0 unspecified atom stereocenters. The van der Waals surface area contributed by atoms with E-state index in [1.54, 1.807) is 0 Å². The summed E-state index contributed by atoms with van der Waals surface area (Å²) < 4.78 is 6.14. The third kappa shape index (κ3) is 4.60. The van der Waals surface area contributed by atoms with Crippen molar-refractivity contribution in [2.75, 3.05) is 32.8 Å². The SMILES string of the molecule is CCCC(=O)N1CCO[C@@H](CN2CCC(O)CC2)[C@@H]1c1ccccc1. The van der Waals surface area contributed by atoms with E-state index in [0.717, 1.165) is 44.5 Å². The van der Waals surface area contributed by atoms with Gasteiger partial charge in [-0.2, -0.15) is 0 Å². The summed E-state index contributed by atoms with van der Waals surface area (Å²) in [7, 11) is 0. The van der Waals surface area contributed by atoms with Gasteiger partial charge < -0.3 is 19.6 Å². The van der Waals surface area contributed by atoms with Crippen LogP contribution in [0.5, 0.6) is 0 Å². The summed E-state index contributed by atoms with van der Waals surface area (Å²) in [5, 5.41) is 9.73. The molecule has 25 heavy (non-hydrogen) atoms. The summed E-state index contributed by atoms with van der Waals surface area (Å²) >= 11 is 0. The molecule has 3 rings (SSSR count). The number of amides is 1. The van der Waals surface area contributed by atoms with Gasteiger partial charge in [0.25, 0.3) is 0 Å². The smallest absolute Gasteiger partial charge is 0.223 e. The molecule has 1 amide bonds. The second kappa shape index (κ2) is 8.79. The van der Waals surface area contributed by atoms with E-state index >= 15 is 0 Å². The lowest BCUT2D eigenvalue weighted by Crippen LogP contribution is -2.52. The molecule has 5 heteroatoms. The minimum absolute atomic E-state index is 0.0211. The zero-order valence-corrected chi connectivity index (χ0v) is 15.1. The molecule has 0 aromatic heterocycles. The summed E-state index contributed by atoms with van der Waals surface area (Å²) in [6.45, 7) is 5.90. The molecule has 0 bridgehead atoms. The topological polar surface area (TPSA) is 53.0 Å². The molecule has 0 spiro atoms. The van der Waals surface area contributed by atoms with Gasteiger partial charge in [-0.1, -0.05) is 37.3 Å². The van der Waals surface area contributed by atoms with Crippen LogP contribution in [0.1, 0.15) is 44.2 Å². The van der Waals surface area contributed by atoms with Crippen molar-refractivity contribution in [3.63, 3.8) is 0 Å². The molecule has 138 valence electrons. The fraction of sp³-hybridized carbons (Fsp3) is 0.650. The van der Waals surface area contributed by atoms with Crippen molar-refractivity contribution in [3.8, 4) is 0 Å². The van der Waals surface area contributed by atoms with Crippen LogP contribution in [0.3, 0.4) is 0 Å². The number of nitrogens with zero attached hydrogens (tertiary/aromatic N) is 2. The number of hydrogen-bond acceptors (Lipinski definition) is 4. The van der Waals surface area contributed by atoms with Gasteiger partial charge in [-0.05, 0) is 24.8 Å². The van der Waals surface area contributed by atoms with Gasteiger partial charge in [-0.3, -0.25) is 4.79 Å². The van der Waals surface area contributed by atoms with Crippen LogP contribution in [0.2, 0.25) is 0 Å². The van der Waals surface area contributed by atoms with Crippen LogP contribution in [0.4, 0.5) is 0 Å². The maximum absolute atomic E-state index is 12.7. The maximum atomic E-state index is 12.7. The first kappa shape index (κ1) is 18.4. The monoisotopic (exact) mass is 346 g/mol. The molecule has 0 saturated carbocycles. The first-order valence-corrected chi connectivity index (χ1v) is 9.55. The minimum Gasteiger partial charge on any atom is -0.393 e. The predicted octanol–water partition coefficient (Wildman–Crippen LogP) is 2.21. The first-order valence-electron chi connectivity index (χ1n) is 9.55. The molecule has 2 saturated heterocycles. The number of carbonyl (C=O) groups is 1. The van der Waals surface area contributed by atoms with Crippen molar-refractivity contribution in [2.45, 2.75) is 50.9 Å². The van der Waals surface area contributed by atoms with Crippen molar-refractivity contribution < 1.29 is 14.6 Å². The van der Waals surface area contributed by atoms with Gasteiger partial charge in [0.2, 0.25) is 5.91 Å². The summed E-state index contributed by atoms with van der Waals surface area (Å²) in [6, 6.07) is 10.2. The third-order valence-electron chi connectivity index (χ3n) is 5.27. The Bertz CT molecular complexity index is 543. The highest BCUT2D eigenvalue weighted by atomic mass is 16.5. The van der Waals surface area contributed by atoms with Crippen LogP contribution in [0.15, 0.2) is 30.3 Å². The van der Waals surface area contributed by atoms with E-state index in [-0.39, 0.29) is 24.2 Å². The van der Waals surface area contributed by atoms with Crippen LogP contribution in [0.25, 0.3) is 0 Å². The van der Waals surface area contributed by atoms with Gasteiger partial charge in [0.1, 0.15) is 0 Å². The number of aliphatic hydroxyl groups excluding tert-OH is 1. The van der Waals surface area contributed by atoms with Crippen LogP contribution in [-0.2, 0) is 9.53 Å².